The van der Waals surface area contributed by atoms with Crippen LogP contribution in [-0.2, 0) is 5.54 Å². The zero-order chi connectivity index (χ0) is 15.3. The molecule has 21 heavy (non-hydrogen) atoms. The van der Waals surface area contributed by atoms with Gasteiger partial charge in [0.05, 0.1) is 18.2 Å². The summed E-state index contributed by atoms with van der Waals surface area (Å²) in [6.07, 6.45) is 1.77. The van der Waals surface area contributed by atoms with Gasteiger partial charge in [-0.25, -0.2) is 4.98 Å². The van der Waals surface area contributed by atoms with Gasteiger partial charge in [-0.3, -0.25) is 0 Å². The minimum absolute atomic E-state index is 0.0469. The third-order valence-electron chi connectivity index (χ3n) is 3.25. The molecule has 1 heterocycles. The van der Waals surface area contributed by atoms with Crippen LogP contribution in [0, 0.1) is 0 Å². The first-order chi connectivity index (χ1) is 10.0. The van der Waals surface area contributed by atoms with Crippen molar-refractivity contribution in [3.63, 3.8) is 0 Å². The topological polar surface area (TPSA) is 54.4 Å². The quantitative estimate of drug-likeness (QED) is 0.856. The van der Waals surface area contributed by atoms with Crippen molar-refractivity contribution in [2.75, 3.05) is 11.9 Å². The van der Waals surface area contributed by atoms with Crippen LogP contribution in [0.3, 0.4) is 0 Å². The SMILES string of the molecule is CC(C)Oc1cccnc1NC(C)(CO)c1ccccc1. The van der Waals surface area contributed by atoms with Crippen LogP contribution >= 0.6 is 0 Å². The second kappa shape index (κ2) is 6.59. The zero-order valence-electron chi connectivity index (χ0n) is 12.7. The van der Waals surface area contributed by atoms with Crippen molar-refractivity contribution in [1.29, 1.82) is 0 Å². The van der Waals surface area contributed by atoms with Crippen molar-refractivity contribution in [2.24, 2.45) is 0 Å². The van der Waals surface area contributed by atoms with Crippen LogP contribution in [0.2, 0.25) is 0 Å². The lowest BCUT2D eigenvalue weighted by molar-refractivity contribution is 0.220. The number of nitrogens with zero attached hydrogens (tertiary/aromatic N) is 1. The normalized spacial score (nSPS) is 13.8. The molecule has 4 heteroatoms. The molecule has 0 amide bonds. The lowest BCUT2D eigenvalue weighted by atomic mass is 9.93. The molecular formula is C17H22N2O2. The predicted octanol–water partition coefficient (Wildman–Crippen LogP) is 3.19. The van der Waals surface area contributed by atoms with Crippen molar-refractivity contribution in [1.82, 2.24) is 4.98 Å². The lowest BCUT2D eigenvalue weighted by Gasteiger charge is -2.30. The second-order valence-electron chi connectivity index (χ2n) is 5.50. The highest BCUT2D eigenvalue weighted by atomic mass is 16.5. The minimum Gasteiger partial charge on any atom is -0.487 e. The lowest BCUT2D eigenvalue weighted by Crippen LogP contribution is -2.36. The maximum absolute atomic E-state index is 9.84. The van der Waals surface area contributed by atoms with Gasteiger partial charge in [-0.15, -0.1) is 0 Å². The number of nitrogens with one attached hydrogen (secondary N) is 1. The molecule has 0 aliphatic rings. The number of hydrogen-bond acceptors (Lipinski definition) is 4. The molecule has 1 aromatic carbocycles. The van der Waals surface area contributed by atoms with Crippen LogP contribution < -0.4 is 10.1 Å². The number of pyridine rings is 1. The summed E-state index contributed by atoms with van der Waals surface area (Å²) in [5.41, 5.74) is 0.374. The maximum atomic E-state index is 9.84. The first kappa shape index (κ1) is 15.3. The van der Waals surface area contributed by atoms with Gasteiger partial charge >= 0.3 is 0 Å². The fourth-order valence-corrected chi connectivity index (χ4v) is 2.10. The molecule has 1 aromatic heterocycles. The van der Waals surface area contributed by atoms with Gasteiger partial charge in [0.25, 0.3) is 0 Å². The molecule has 4 nitrogen and oxygen atoms in total. The summed E-state index contributed by atoms with van der Waals surface area (Å²) in [6, 6.07) is 13.5. The number of benzene rings is 1. The van der Waals surface area contributed by atoms with E-state index in [9.17, 15) is 5.11 Å². The molecule has 0 bridgehead atoms. The largest absolute Gasteiger partial charge is 0.487 e. The van der Waals surface area contributed by atoms with Gasteiger partial charge in [-0.2, -0.15) is 0 Å². The standard InChI is InChI=1S/C17H22N2O2/c1-13(2)21-15-10-7-11-18-16(15)19-17(3,12-20)14-8-5-4-6-9-14/h4-11,13,20H,12H2,1-3H3,(H,18,19). The highest BCUT2D eigenvalue weighted by molar-refractivity contribution is 5.52. The van der Waals surface area contributed by atoms with Gasteiger partial charge < -0.3 is 15.2 Å². The first-order valence-electron chi connectivity index (χ1n) is 7.11. The van der Waals surface area contributed by atoms with Crippen molar-refractivity contribution < 1.29 is 9.84 Å². The first-order valence-corrected chi connectivity index (χ1v) is 7.11. The van der Waals surface area contributed by atoms with Crippen molar-refractivity contribution in [3.8, 4) is 5.75 Å². The summed E-state index contributed by atoms with van der Waals surface area (Å²) >= 11 is 0. The summed E-state index contributed by atoms with van der Waals surface area (Å²) in [7, 11) is 0. The summed E-state index contributed by atoms with van der Waals surface area (Å²) < 4.78 is 5.76. The molecular weight excluding hydrogens is 264 g/mol. The van der Waals surface area contributed by atoms with Crippen LogP contribution in [0.1, 0.15) is 26.3 Å². The Morgan fingerprint density at radius 1 is 1.19 bits per heavy atom. The van der Waals surface area contributed by atoms with Crippen LogP contribution in [0.5, 0.6) is 5.75 Å². The minimum atomic E-state index is -0.620. The van der Waals surface area contributed by atoms with Crippen molar-refractivity contribution in [3.05, 3.63) is 54.2 Å². The van der Waals surface area contributed by atoms with E-state index in [-0.39, 0.29) is 12.7 Å². The van der Waals surface area contributed by atoms with E-state index in [1.807, 2.05) is 63.2 Å². The molecule has 112 valence electrons. The average molecular weight is 286 g/mol. The Hall–Kier alpha value is -2.07. The van der Waals surface area contributed by atoms with Gasteiger partial charge in [0, 0.05) is 6.20 Å². The summed E-state index contributed by atoms with van der Waals surface area (Å²) in [6.45, 7) is 5.84. The van der Waals surface area contributed by atoms with Gasteiger partial charge in [0.1, 0.15) is 0 Å². The maximum Gasteiger partial charge on any atom is 0.169 e. The third-order valence-corrected chi connectivity index (χ3v) is 3.25. The highest BCUT2D eigenvalue weighted by Crippen LogP contribution is 2.30. The van der Waals surface area contributed by atoms with Gasteiger partial charge in [-0.1, -0.05) is 30.3 Å². The molecule has 0 radical (unpaired) electrons. The van der Waals surface area contributed by atoms with E-state index in [1.165, 1.54) is 0 Å². The van der Waals surface area contributed by atoms with E-state index >= 15 is 0 Å². The van der Waals surface area contributed by atoms with Crippen molar-refractivity contribution in [2.45, 2.75) is 32.4 Å². The third kappa shape index (κ3) is 3.73. The Balaban J connectivity index is 2.31. The molecule has 0 aliphatic carbocycles. The average Bonchev–Trinajstić information content (AvgIpc) is 2.49. The number of anilines is 1. The van der Waals surface area contributed by atoms with E-state index in [0.29, 0.717) is 11.6 Å². The molecule has 0 fully saturated rings. The molecule has 2 rings (SSSR count). The Labute approximate surface area is 125 Å². The highest BCUT2D eigenvalue weighted by Gasteiger charge is 2.27. The Bertz CT molecular complexity index is 572. The van der Waals surface area contributed by atoms with Crippen LogP contribution in [0.25, 0.3) is 0 Å². The van der Waals surface area contributed by atoms with E-state index in [2.05, 4.69) is 10.3 Å². The zero-order valence-corrected chi connectivity index (χ0v) is 12.7. The number of ether oxygens (including phenoxy) is 1. The second-order valence-corrected chi connectivity index (χ2v) is 5.50. The smallest absolute Gasteiger partial charge is 0.169 e. The molecule has 1 unspecified atom stereocenters. The van der Waals surface area contributed by atoms with Gasteiger partial charge in [0.2, 0.25) is 0 Å². The fraction of sp³-hybridized carbons (Fsp3) is 0.353. The number of rotatable bonds is 6. The van der Waals surface area contributed by atoms with E-state index in [4.69, 9.17) is 4.74 Å². The van der Waals surface area contributed by atoms with Crippen LogP contribution in [0.4, 0.5) is 5.82 Å². The number of hydrogen-bond donors (Lipinski definition) is 2. The molecule has 0 saturated carbocycles. The monoisotopic (exact) mass is 286 g/mol. The Morgan fingerprint density at radius 3 is 2.52 bits per heavy atom. The Morgan fingerprint density at radius 2 is 1.90 bits per heavy atom. The predicted molar refractivity (Wildman–Crippen MR) is 84.5 cm³/mol. The summed E-state index contributed by atoms with van der Waals surface area (Å²) in [5, 5.41) is 13.2. The molecule has 2 aromatic rings. The number of aliphatic hydroxyl groups is 1. The molecule has 0 spiro atoms. The van der Waals surface area contributed by atoms with Crippen LogP contribution in [0.15, 0.2) is 48.7 Å². The Kier molecular flexibility index (Phi) is 4.81. The molecule has 0 saturated heterocycles. The van der Waals surface area contributed by atoms with Crippen LogP contribution in [-0.4, -0.2) is 22.8 Å². The summed E-state index contributed by atoms with van der Waals surface area (Å²) in [5.74, 6) is 1.31. The van der Waals surface area contributed by atoms with E-state index in [0.717, 1.165) is 5.56 Å². The fourth-order valence-electron chi connectivity index (χ4n) is 2.10. The van der Waals surface area contributed by atoms with Gasteiger partial charge in [0.15, 0.2) is 11.6 Å². The molecule has 1 atom stereocenters. The van der Waals surface area contributed by atoms with E-state index < -0.39 is 5.54 Å². The van der Waals surface area contributed by atoms with E-state index in [1.54, 1.807) is 6.20 Å². The number of aliphatic hydroxyl groups excluding tert-OH is 1. The summed E-state index contributed by atoms with van der Waals surface area (Å²) in [4.78, 5) is 4.34. The van der Waals surface area contributed by atoms with Gasteiger partial charge in [-0.05, 0) is 38.5 Å². The van der Waals surface area contributed by atoms with Crippen molar-refractivity contribution >= 4 is 5.82 Å². The molecule has 2 N–H and O–H groups in total. The number of aromatic nitrogens is 1. The molecule has 0 aliphatic heterocycles.